The summed E-state index contributed by atoms with van der Waals surface area (Å²) in [5, 5.41) is 4.03. The average molecular weight is 298 g/mol. The summed E-state index contributed by atoms with van der Waals surface area (Å²) in [6.07, 6.45) is 0.692. The van der Waals surface area contributed by atoms with Gasteiger partial charge in [-0.1, -0.05) is 47.5 Å². The number of benzene rings is 2. The minimum atomic E-state index is -0.404. The lowest BCUT2D eigenvalue weighted by Crippen LogP contribution is -2.19. The minimum absolute atomic E-state index is 0.00772. The Balaban J connectivity index is 2.25. The first kappa shape index (κ1) is 14.3. The Bertz CT molecular complexity index is 572. The molecule has 0 spiro atoms. The summed E-state index contributed by atoms with van der Waals surface area (Å²) in [5.74, 6) is -0.404. The fourth-order valence-electron chi connectivity index (χ4n) is 2.00. The van der Waals surface area contributed by atoms with E-state index in [2.05, 4.69) is 5.32 Å². The monoisotopic (exact) mass is 297 g/mol. The van der Waals surface area contributed by atoms with E-state index in [1.807, 2.05) is 37.4 Å². The Kier molecular flexibility index (Phi) is 4.81. The molecule has 0 amide bonds. The third kappa shape index (κ3) is 3.47. The van der Waals surface area contributed by atoms with Gasteiger partial charge in [-0.25, -0.2) is 4.39 Å². The van der Waals surface area contributed by atoms with Crippen molar-refractivity contribution in [3.63, 3.8) is 0 Å². The summed E-state index contributed by atoms with van der Waals surface area (Å²) in [4.78, 5) is 0. The van der Waals surface area contributed by atoms with Gasteiger partial charge in [0.15, 0.2) is 0 Å². The molecular formula is C15H14Cl2FN. The lowest BCUT2D eigenvalue weighted by Gasteiger charge is -2.18. The Morgan fingerprint density at radius 2 is 1.84 bits per heavy atom. The highest BCUT2D eigenvalue weighted by molar-refractivity contribution is 6.31. The first-order valence-electron chi connectivity index (χ1n) is 5.97. The van der Waals surface area contributed by atoms with Crippen LogP contribution in [0.5, 0.6) is 0 Å². The number of halogens is 3. The lowest BCUT2D eigenvalue weighted by atomic mass is 9.99. The smallest absolute Gasteiger partial charge is 0.142 e. The third-order valence-corrected chi connectivity index (χ3v) is 3.75. The summed E-state index contributed by atoms with van der Waals surface area (Å²) in [5.41, 5.74) is 1.88. The SMILES string of the molecule is CNC(Cc1ccccc1Cl)c1ccc(Cl)c(F)c1. The van der Waals surface area contributed by atoms with E-state index in [0.29, 0.717) is 6.42 Å². The molecule has 4 heteroatoms. The summed E-state index contributed by atoms with van der Waals surface area (Å²) in [6.45, 7) is 0. The van der Waals surface area contributed by atoms with Crippen LogP contribution in [0.15, 0.2) is 42.5 Å². The molecule has 2 aromatic carbocycles. The van der Waals surface area contributed by atoms with Crippen molar-refractivity contribution in [1.82, 2.24) is 5.32 Å². The van der Waals surface area contributed by atoms with E-state index in [4.69, 9.17) is 23.2 Å². The van der Waals surface area contributed by atoms with Gasteiger partial charge in [0.05, 0.1) is 5.02 Å². The van der Waals surface area contributed by atoms with E-state index in [0.717, 1.165) is 16.1 Å². The topological polar surface area (TPSA) is 12.0 Å². The quantitative estimate of drug-likeness (QED) is 0.867. The van der Waals surface area contributed by atoms with Gasteiger partial charge in [0.25, 0.3) is 0 Å². The maximum Gasteiger partial charge on any atom is 0.142 e. The number of hydrogen-bond acceptors (Lipinski definition) is 1. The fraction of sp³-hybridized carbons (Fsp3) is 0.200. The largest absolute Gasteiger partial charge is 0.313 e. The van der Waals surface area contributed by atoms with Crippen molar-refractivity contribution in [2.75, 3.05) is 7.05 Å². The fourth-order valence-corrected chi connectivity index (χ4v) is 2.33. The Hall–Kier alpha value is -1.09. The number of nitrogens with one attached hydrogen (secondary N) is 1. The van der Waals surface area contributed by atoms with Crippen molar-refractivity contribution in [2.24, 2.45) is 0 Å². The molecule has 0 fully saturated rings. The molecule has 0 aliphatic carbocycles. The van der Waals surface area contributed by atoms with Gasteiger partial charge in [0.2, 0.25) is 0 Å². The van der Waals surface area contributed by atoms with Crippen molar-refractivity contribution in [3.05, 3.63) is 69.5 Å². The second kappa shape index (κ2) is 6.38. The molecule has 0 bridgehead atoms. The van der Waals surface area contributed by atoms with Gasteiger partial charge >= 0.3 is 0 Å². The standard InChI is InChI=1S/C15H14Cl2FN/c1-19-15(9-10-4-2-3-5-12(10)16)11-6-7-13(17)14(18)8-11/h2-8,15,19H,9H2,1H3. The molecule has 0 aromatic heterocycles. The number of rotatable bonds is 4. The van der Waals surface area contributed by atoms with Crippen molar-refractivity contribution in [3.8, 4) is 0 Å². The molecule has 0 saturated heterocycles. The van der Waals surface area contributed by atoms with Gasteiger partial charge < -0.3 is 5.32 Å². The first-order valence-corrected chi connectivity index (χ1v) is 6.73. The summed E-state index contributed by atoms with van der Waals surface area (Å²) in [6, 6.07) is 12.5. The highest BCUT2D eigenvalue weighted by atomic mass is 35.5. The number of hydrogen-bond donors (Lipinski definition) is 1. The van der Waals surface area contributed by atoms with Gasteiger partial charge in [0.1, 0.15) is 5.82 Å². The summed E-state index contributed by atoms with van der Waals surface area (Å²) < 4.78 is 13.5. The van der Waals surface area contributed by atoms with Crippen LogP contribution in [0.4, 0.5) is 4.39 Å². The molecule has 100 valence electrons. The minimum Gasteiger partial charge on any atom is -0.313 e. The average Bonchev–Trinajstić information content (AvgIpc) is 2.41. The van der Waals surface area contributed by atoms with Crippen molar-refractivity contribution in [1.29, 1.82) is 0 Å². The Morgan fingerprint density at radius 3 is 2.47 bits per heavy atom. The maximum absolute atomic E-state index is 13.5. The van der Waals surface area contributed by atoms with Crippen molar-refractivity contribution < 1.29 is 4.39 Å². The van der Waals surface area contributed by atoms with Gasteiger partial charge in [0, 0.05) is 11.1 Å². The predicted molar refractivity (Wildman–Crippen MR) is 78.4 cm³/mol. The van der Waals surface area contributed by atoms with Crippen LogP contribution in [0.2, 0.25) is 10.0 Å². The molecule has 2 aromatic rings. The van der Waals surface area contributed by atoms with Gasteiger partial charge in [-0.15, -0.1) is 0 Å². The third-order valence-electron chi connectivity index (χ3n) is 3.08. The predicted octanol–water partition coefficient (Wildman–Crippen LogP) is 4.64. The van der Waals surface area contributed by atoms with E-state index in [-0.39, 0.29) is 11.1 Å². The first-order chi connectivity index (χ1) is 9.11. The normalized spacial score (nSPS) is 12.4. The Morgan fingerprint density at radius 1 is 1.11 bits per heavy atom. The molecule has 0 aliphatic rings. The molecular weight excluding hydrogens is 284 g/mol. The molecule has 2 rings (SSSR count). The molecule has 0 aliphatic heterocycles. The molecule has 0 radical (unpaired) electrons. The van der Waals surface area contributed by atoms with Crippen molar-refractivity contribution >= 4 is 23.2 Å². The lowest BCUT2D eigenvalue weighted by molar-refractivity contribution is 0.577. The van der Waals surface area contributed by atoms with Crippen LogP contribution in [0.25, 0.3) is 0 Å². The maximum atomic E-state index is 13.5. The number of likely N-dealkylation sites (N-methyl/N-ethyl adjacent to an activating group) is 1. The van der Waals surface area contributed by atoms with E-state index >= 15 is 0 Å². The molecule has 1 nitrogen and oxygen atoms in total. The molecule has 1 N–H and O–H groups in total. The van der Waals surface area contributed by atoms with Gasteiger partial charge in [-0.05, 0) is 42.8 Å². The van der Waals surface area contributed by atoms with E-state index in [1.54, 1.807) is 6.07 Å². The van der Waals surface area contributed by atoms with E-state index in [1.165, 1.54) is 6.07 Å². The van der Waals surface area contributed by atoms with Gasteiger partial charge in [-0.2, -0.15) is 0 Å². The molecule has 0 heterocycles. The van der Waals surface area contributed by atoms with Crippen molar-refractivity contribution in [2.45, 2.75) is 12.5 Å². The molecule has 0 saturated carbocycles. The molecule has 1 unspecified atom stereocenters. The zero-order chi connectivity index (χ0) is 13.8. The summed E-state index contributed by atoms with van der Waals surface area (Å²) in [7, 11) is 1.84. The van der Waals surface area contributed by atoms with Crippen LogP contribution in [-0.4, -0.2) is 7.05 Å². The zero-order valence-electron chi connectivity index (χ0n) is 10.5. The van der Waals surface area contributed by atoms with Crippen LogP contribution < -0.4 is 5.32 Å². The zero-order valence-corrected chi connectivity index (χ0v) is 12.0. The summed E-state index contributed by atoms with van der Waals surface area (Å²) >= 11 is 11.8. The molecule has 1 atom stereocenters. The van der Waals surface area contributed by atoms with Crippen LogP contribution in [-0.2, 0) is 6.42 Å². The van der Waals surface area contributed by atoms with Crippen LogP contribution in [0.3, 0.4) is 0 Å². The highest BCUT2D eigenvalue weighted by Crippen LogP contribution is 2.25. The Labute approximate surface area is 122 Å². The van der Waals surface area contributed by atoms with E-state index in [9.17, 15) is 4.39 Å². The van der Waals surface area contributed by atoms with Crippen LogP contribution >= 0.6 is 23.2 Å². The van der Waals surface area contributed by atoms with Crippen LogP contribution in [0, 0.1) is 5.82 Å². The highest BCUT2D eigenvalue weighted by Gasteiger charge is 2.13. The van der Waals surface area contributed by atoms with Crippen LogP contribution in [0.1, 0.15) is 17.2 Å². The molecule has 19 heavy (non-hydrogen) atoms. The second-order valence-corrected chi connectivity index (χ2v) is 5.12. The van der Waals surface area contributed by atoms with Gasteiger partial charge in [-0.3, -0.25) is 0 Å². The second-order valence-electron chi connectivity index (χ2n) is 4.31. The van der Waals surface area contributed by atoms with E-state index < -0.39 is 5.82 Å².